The summed E-state index contributed by atoms with van der Waals surface area (Å²) in [6, 6.07) is 3.09. The van der Waals surface area contributed by atoms with E-state index in [2.05, 4.69) is 9.72 Å². The number of pyridine rings is 1. The van der Waals surface area contributed by atoms with Crippen LogP contribution in [-0.2, 0) is 9.53 Å². The number of carbonyl (C=O) groups excluding carboxylic acids is 1. The summed E-state index contributed by atoms with van der Waals surface area (Å²) in [7, 11) is 1.30. The summed E-state index contributed by atoms with van der Waals surface area (Å²) in [5, 5.41) is 0.444. The molecule has 1 aromatic rings. The van der Waals surface area contributed by atoms with E-state index < -0.39 is 11.9 Å². The van der Waals surface area contributed by atoms with Crippen molar-refractivity contribution < 1.29 is 9.53 Å². The zero-order valence-electron chi connectivity index (χ0n) is 8.04. The normalized spacial score (nSPS) is 12.3. The van der Waals surface area contributed by atoms with Crippen LogP contribution in [0.15, 0.2) is 12.1 Å². The maximum Gasteiger partial charge on any atom is 0.314 e. The van der Waals surface area contributed by atoms with Crippen LogP contribution in [0, 0.1) is 0 Å². The monoisotopic (exact) mass is 248 g/mol. The van der Waals surface area contributed by atoms with E-state index >= 15 is 0 Å². The van der Waals surface area contributed by atoms with E-state index in [4.69, 9.17) is 28.9 Å². The highest BCUT2D eigenvalue weighted by molar-refractivity contribution is 6.32. The summed E-state index contributed by atoms with van der Waals surface area (Å²) in [4.78, 5) is 15.1. The Bertz CT molecular complexity index is 351. The molecule has 1 unspecified atom stereocenters. The van der Waals surface area contributed by atoms with Crippen molar-refractivity contribution in [3.05, 3.63) is 28.0 Å². The first-order valence-corrected chi connectivity index (χ1v) is 4.95. The van der Waals surface area contributed by atoms with Gasteiger partial charge in [0.15, 0.2) is 0 Å². The molecule has 15 heavy (non-hydrogen) atoms. The lowest BCUT2D eigenvalue weighted by Gasteiger charge is -2.12. The van der Waals surface area contributed by atoms with Crippen molar-refractivity contribution >= 4 is 29.2 Å². The van der Waals surface area contributed by atoms with Crippen molar-refractivity contribution in [1.82, 2.24) is 4.98 Å². The fraction of sp³-hybridized carbons (Fsp3) is 0.333. The number of hydrogen-bond donors (Lipinski definition) is 1. The van der Waals surface area contributed by atoms with Crippen LogP contribution < -0.4 is 5.73 Å². The summed E-state index contributed by atoms with van der Waals surface area (Å²) in [5.41, 5.74) is 6.08. The fourth-order valence-electron chi connectivity index (χ4n) is 1.20. The third kappa shape index (κ3) is 3.06. The van der Waals surface area contributed by atoms with Gasteiger partial charge in [-0.05, 0) is 17.7 Å². The van der Waals surface area contributed by atoms with Crippen LogP contribution in [-0.4, -0.2) is 24.6 Å². The summed E-state index contributed by atoms with van der Waals surface area (Å²) in [5.74, 6) is -0.983. The molecule has 1 atom stereocenters. The molecule has 4 nitrogen and oxygen atoms in total. The Morgan fingerprint density at radius 2 is 2.07 bits per heavy atom. The second kappa shape index (κ2) is 5.30. The average Bonchev–Trinajstić information content (AvgIpc) is 2.17. The summed E-state index contributed by atoms with van der Waals surface area (Å²) in [6.07, 6.45) is 0. The average molecular weight is 249 g/mol. The number of carbonyl (C=O) groups is 1. The summed E-state index contributed by atoms with van der Waals surface area (Å²) in [6.45, 7) is 0.128. The number of aromatic nitrogens is 1. The lowest BCUT2D eigenvalue weighted by molar-refractivity contribution is -0.142. The van der Waals surface area contributed by atoms with Crippen LogP contribution in [0.4, 0.5) is 0 Å². The first-order chi connectivity index (χ1) is 7.08. The van der Waals surface area contributed by atoms with Gasteiger partial charge < -0.3 is 10.5 Å². The Hall–Kier alpha value is -0.840. The van der Waals surface area contributed by atoms with E-state index in [0.717, 1.165) is 0 Å². The molecule has 0 spiro atoms. The molecule has 82 valence electrons. The Morgan fingerprint density at radius 3 is 2.47 bits per heavy atom. The quantitative estimate of drug-likeness (QED) is 0.652. The van der Waals surface area contributed by atoms with Crippen LogP contribution in [0.2, 0.25) is 10.3 Å². The van der Waals surface area contributed by atoms with Crippen LogP contribution in [0.5, 0.6) is 0 Å². The van der Waals surface area contributed by atoms with Crippen LogP contribution in [0.1, 0.15) is 11.5 Å². The van der Waals surface area contributed by atoms with Gasteiger partial charge in [0.1, 0.15) is 10.3 Å². The van der Waals surface area contributed by atoms with E-state index in [9.17, 15) is 4.79 Å². The van der Waals surface area contributed by atoms with E-state index in [1.807, 2.05) is 0 Å². The van der Waals surface area contributed by atoms with Crippen molar-refractivity contribution in [2.24, 2.45) is 5.73 Å². The van der Waals surface area contributed by atoms with Crippen molar-refractivity contribution in [3.8, 4) is 0 Å². The van der Waals surface area contributed by atoms with Crippen LogP contribution >= 0.6 is 23.2 Å². The smallest absolute Gasteiger partial charge is 0.314 e. The van der Waals surface area contributed by atoms with Gasteiger partial charge in [-0.2, -0.15) is 0 Å². The molecule has 0 amide bonds. The Morgan fingerprint density at radius 1 is 1.53 bits per heavy atom. The number of esters is 1. The molecule has 0 fully saturated rings. The molecule has 1 heterocycles. The van der Waals surface area contributed by atoms with Crippen molar-refractivity contribution in [3.63, 3.8) is 0 Å². The highest BCUT2D eigenvalue weighted by Crippen LogP contribution is 2.22. The van der Waals surface area contributed by atoms with Crippen LogP contribution in [0.25, 0.3) is 0 Å². The second-order valence-electron chi connectivity index (χ2n) is 2.86. The molecule has 0 aliphatic carbocycles. The molecular formula is C9H10Cl2N2O2. The number of methoxy groups -OCH3 is 1. The molecule has 0 aliphatic heterocycles. The highest BCUT2D eigenvalue weighted by Gasteiger charge is 2.20. The number of halogens is 2. The minimum absolute atomic E-state index is 0.128. The van der Waals surface area contributed by atoms with E-state index in [1.165, 1.54) is 7.11 Å². The number of nitrogens with two attached hydrogens (primary N) is 1. The van der Waals surface area contributed by atoms with Gasteiger partial charge in [-0.15, -0.1) is 0 Å². The van der Waals surface area contributed by atoms with Gasteiger partial charge in [-0.3, -0.25) is 4.79 Å². The topological polar surface area (TPSA) is 65.2 Å². The Kier molecular flexibility index (Phi) is 4.32. The highest BCUT2D eigenvalue weighted by atomic mass is 35.5. The fourth-order valence-corrected chi connectivity index (χ4v) is 1.67. The number of ether oxygens (including phenoxy) is 1. The minimum Gasteiger partial charge on any atom is -0.469 e. The molecule has 0 saturated heterocycles. The molecule has 0 aromatic carbocycles. The van der Waals surface area contributed by atoms with Gasteiger partial charge in [0.25, 0.3) is 0 Å². The van der Waals surface area contributed by atoms with Crippen molar-refractivity contribution in [2.75, 3.05) is 13.7 Å². The molecule has 1 aromatic heterocycles. The molecule has 0 bridgehead atoms. The van der Waals surface area contributed by atoms with Gasteiger partial charge >= 0.3 is 5.97 Å². The Labute approximate surface area is 97.3 Å². The van der Waals surface area contributed by atoms with E-state index in [-0.39, 0.29) is 16.9 Å². The zero-order valence-corrected chi connectivity index (χ0v) is 9.55. The van der Waals surface area contributed by atoms with E-state index in [0.29, 0.717) is 5.56 Å². The number of hydrogen-bond acceptors (Lipinski definition) is 4. The molecule has 0 saturated carbocycles. The third-order valence-corrected chi connectivity index (χ3v) is 2.30. The van der Waals surface area contributed by atoms with E-state index in [1.54, 1.807) is 12.1 Å². The molecule has 2 N–H and O–H groups in total. The van der Waals surface area contributed by atoms with Gasteiger partial charge in [-0.1, -0.05) is 23.2 Å². The predicted molar refractivity (Wildman–Crippen MR) is 58.1 cm³/mol. The predicted octanol–water partition coefficient (Wildman–Crippen LogP) is 1.60. The maximum atomic E-state index is 11.4. The van der Waals surface area contributed by atoms with Gasteiger partial charge in [0, 0.05) is 6.54 Å². The first-order valence-electron chi connectivity index (χ1n) is 4.19. The number of nitrogens with zero attached hydrogens (tertiary/aromatic N) is 1. The Balaban J connectivity index is 3.06. The molecule has 6 heteroatoms. The third-order valence-electron chi connectivity index (χ3n) is 1.91. The molecular weight excluding hydrogens is 239 g/mol. The summed E-state index contributed by atoms with van der Waals surface area (Å²) >= 11 is 11.4. The molecule has 0 radical (unpaired) electrons. The lowest BCUT2D eigenvalue weighted by Crippen LogP contribution is -2.22. The van der Waals surface area contributed by atoms with Crippen LogP contribution in [0.3, 0.4) is 0 Å². The summed E-state index contributed by atoms with van der Waals surface area (Å²) < 4.78 is 4.61. The zero-order chi connectivity index (χ0) is 11.4. The van der Waals surface area contributed by atoms with Crippen molar-refractivity contribution in [2.45, 2.75) is 5.92 Å². The largest absolute Gasteiger partial charge is 0.469 e. The first kappa shape index (κ1) is 12.2. The maximum absolute atomic E-state index is 11.4. The standard InChI is InChI=1S/C9H10Cl2N2O2/c1-15-9(14)6(4-12)5-2-7(10)13-8(11)3-5/h2-3,6H,4,12H2,1H3. The van der Waals surface area contributed by atoms with Crippen molar-refractivity contribution in [1.29, 1.82) is 0 Å². The van der Waals surface area contributed by atoms with Gasteiger partial charge in [0.05, 0.1) is 13.0 Å². The minimum atomic E-state index is -0.562. The molecule has 1 rings (SSSR count). The second-order valence-corrected chi connectivity index (χ2v) is 3.63. The SMILES string of the molecule is COC(=O)C(CN)c1cc(Cl)nc(Cl)c1. The lowest BCUT2D eigenvalue weighted by atomic mass is 10.0. The number of rotatable bonds is 3. The molecule has 0 aliphatic rings. The van der Waals surface area contributed by atoms with Gasteiger partial charge in [-0.25, -0.2) is 4.98 Å². The van der Waals surface area contributed by atoms with Gasteiger partial charge in [0.2, 0.25) is 0 Å².